The number of hydroxylamine groups is 2. The summed E-state index contributed by atoms with van der Waals surface area (Å²) in [6, 6.07) is 9.89. The number of quaternary nitrogens is 1. The Hall–Kier alpha value is -0.900. The fourth-order valence-corrected chi connectivity index (χ4v) is 3.14. The lowest BCUT2D eigenvalue weighted by molar-refractivity contribution is -0.882. The van der Waals surface area contributed by atoms with Crippen LogP contribution in [0.4, 0.5) is 0 Å². The Labute approximate surface area is 102 Å². The predicted molar refractivity (Wildman–Crippen MR) is 65.3 cm³/mol. The van der Waals surface area contributed by atoms with E-state index in [-0.39, 0.29) is 16.9 Å². The summed E-state index contributed by atoms with van der Waals surface area (Å²) in [6.45, 7) is 0.618. The van der Waals surface area contributed by atoms with Gasteiger partial charge in [-0.1, -0.05) is 49.6 Å². The highest BCUT2D eigenvalue weighted by atomic mass is 16.6. The van der Waals surface area contributed by atoms with E-state index in [1.807, 2.05) is 30.3 Å². The molecule has 2 aliphatic rings. The number of benzene rings is 1. The SMILES string of the molecule is [O-][NH+]1CC2(CCCCC2)OC1c1ccccc1. The Bertz CT molecular complexity index is 373. The summed E-state index contributed by atoms with van der Waals surface area (Å²) in [5.74, 6) is 0. The molecule has 2 unspecified atom stereocenters. The first-order valence-corrected chi connectivity index (χ1v) is 6.55. The van der Waals surface area contributed by atoms with Gasteiger partial charge in [0.2, 0.25) is 6.23 Å². The molecule has 0 amide bonds. The van der Waals surface area contributed by atoms with E-state index in [0.29, 0.717) is 6.54 Å². The van der Waals surface area contributed by atoms with Crippen LogP contribution in [-0.2, 0) is 4.74 Å². The third kappa shape index (κ3) is 2.10. The average Bonchev–Trinajstić information content (AvgIpc) is 2.68. The molecular weight excluding hydrogens is 214 g/mol. The summed E-state index contributed by atoms with van der Waals surface area (Å²) in [6.07, 6.45) is 5.50. The van der Waals surface area contributed by atoms with Crippen LogP contribution in [0.2, 0.25) is 0 Å². The van der Waals surface area contributed by atoms with Crippen LogP contribution in [0.15, 0.2) is 30.3 Å². The monoisotopic (exact) mass is 233 g/mol. The van der Waals surface area contributed by atoms with E-state index in [1.54, 1.807) is 0 Å². The zero-order chi connectivity index (χ0) is 11.7. The van der Waals surface area contributed by atoms with Gasteiger partial charge in [0.1, 0.15) is 12.1 Å². The largest absolute Gasteiger partial charge is 0.632 e. The van der Waals surface area contributed by atoms with Crippen LogP contribution in [0.1, 0.15) is 43.9 Å². The lowest BCUT2D eigenvalue weighted by atomic mass is 9.85. The molecule has 1 saturated carbocycles. The molecule has 92 valence electrons. The molecule has 1 aromatic carbocycles. The molecule has 3 nitrogen and oxygen atoms in total. The van der Waals surface area contributed by atoms with Crippen LogP contribution in [0.25, 0.3) is 0 Å². The van der Waals surface area contributed by atoms with Crippen LogP contribution in [0, 0.1) is 5.21 Å². The summed E-state index contributed by atoms with van der Waals surface area (Å²) in [5, 5.41) is 12.4. The van der Waals surface area contributed by atoms with Crippen molar-refractivity contribution in [2.24, 2.45) is 0 Å². The number of ether oxygens (including phenoxy) is 1. The first-order chi connectivity index (χ1) is 8.29. The van der Waals surface area contributed by atoms with Gasteiger partial charge in [0, 0.05) is 5.56 Å². The van der Waals surface area contributed by atoms with E-state index in [1.165, 1.54) is 19.3 Å². The van der Waals surface area contributed by atoms with Crippen molar-refractivity contribution >= 4 is 0 Å². The van der Waals surface area contributed by atoms with E-state index in [4.69, 9.17) is 4.74 Å². The van der Waals surface area contributed by atoms with Crippen molar-refractivity contribution in [3.63, 3.8) is 0 Å². The third-order valence-electron chi connectivity index (χ3n) is 4.02. The Kier molecular flexibility index (Phi) is 2.90. The molecule has 0 radical (unpaired) electrons. The molecule has 1 aliphatic carbocycles. The second-order valence-electron chi connectivity index (χ2n) is 5.30. The maximum Gasteiger partial charge on any atom is 0.219 e. The van der Waals surface area contributed by atoms with E-state index >= 15 is 0 Å². The maximum atomic E-state index is 12.1. The van der Waals surface area contributed by atoms with Gasteiger partial charge in [-0.05, 0) is 12.8 Å². The predicted octanol–water partition coefficient (Wildman–Crippen LogP) is 1.80. The van der Waals surface area contributed by atoms with E-state index in [2.05, 4.69) is 0 Å². The lowest BCUT2D eigenvalue weighted by Gasteiger charge is -2.29. The van der Waals surface area contributed by atoms with E-state index in [9.17, 15) is 5.21 Å². The van der Waals surface area contributed by atoms with Crippen molar-refractivity contribution in [1.82, 2.24) is 0 Å². The second kappa shape index (κ2) is 4.41. The van der Waals surface area contributed by atoms with Gasteiger partial charge in [-0.25, -0.2) is 0 Å². The average molecular weight is 233 g/mol. The molecule has 17 heavy (non-hydrogen) atoms. The number of hydrogen-bond acceptors (Lipinski definition) is 2. The highest BCUT2D eigenvalue weighted by molar-refractivity contribution is 5.16. The van der Waals surface area contributed by atoms with Crippen molar-refractivity contribution in [1.29, 1.82) is 0 Å². The summed E-state index contributed by atoms with van der Waals surface area (Å²) in [7, 11) is 0. The Morgan fingerprint density at radius 1 is 1.12 bits per heavy atom. The zero-order valence-electron chi connectivity index (χ0n) is 10.0. The molecule has 1 saturated heterocycles. The van der Waals surface area contributed by atoms with Gasteiger partial charge in [0.15, 0.2) is 0 Å². The molecule has 1 aromatic rings. The van der Waals surface area contributed by atoms with Crippen LogP contribution in [-0.4, -0.2) is 12.1 Å². The number of rotatable bonds is 1. The van der Waals surface area contributed by atoms with E-state index in [0.717, 1.165) is 18.4 Å². The quantitative estimate of drug-likeness (QED) is 0.751. The van der Waals surface area contributed by atoms with Gasteiger partial charge in [0.25, 0.3) is 0 Å². The topological polar surface area (TPSA) is 36.7 Å². The highest BCUT2D eigenvalue weighted by Gasteiger charge is 2.46. The highest BCUT2D eigenvalue weighted by Crippen LogP contribution is 2.36. The van der Waals surface area contributed by atoms with Crippen molar-refractivity contribution in [2.45, 2.75) is 43.9 Å². The standard InChI is InChI=1S/C14H19NO2/c16-15-11-14(9-5-2-6-10-14)17-13(15)12-7-3-1-4-8-12/h1,3-4,7-8,13,15H,2,5-6,9-11H2. The zero-order valence-corrected chi connectivity index (χ0v) is 10.0. The Balaban J connectivity index is 1.80. The number of hydrogen-bond donors (Lipinski definition) is 1. The molecule has 1 N–H and O–H groups in total. The van der Waals surface area contributed by atoms with Crippen LogP contribution in [0.3, 0.4) is 0 Å². The molecule has 0 bridgehead atoms. The first kappa shape index (κ1) is 11.2. The lowest BCUT2D eigenvalue weighted by Crippen LogP contribution is -3.06. The molecule has 1 spiro atoms. The molecule has 2 fully saturated rings. The van der Waals surface area contributed by atoms with Gasteiger partial charge >= 0.3 is 0 Å². The van der Waals surface area contributed by atoms with Gasteiger partial charge in [-0.2, -0.15) is 0 Å². The van der Waals surface area contributed by atoms with Gasteiger partial charge in [-0.3, -0.25) is 0 Å². The molecule has 1 heterocycles. The summed E-state index contributed by atoms with van der Waals surface area (Å²) in [4.78, 5) is 0. The van der Waals surface area contributed by atoms with Crippen molar-refractivity contribution < 1.29 is 9.80 Å². The minimum atomic E-state index is -0.311. The van der Waals surface area contributed by atoms with E-state index < -0.39 is 0 Å². The fourth-order valence-electron chi connectivity index (χ4n) is 3.14. The minimum absolute atomic E-state index is 0.129. The van der Waals surface area contributed by atoms with Crippen molar-refractivity contribution in [3.8, 4) is 0 Å². The Morgan fingerprint density at radius 2 is 1.82 bits per heavy atom. The van der Waals surface area contributed by atoms with Gasteiger partial charge < -0.3 is 15.0 Å². The van der Waals surface area contributed by atoms with Gasteiger partial charge in [0.05, 0.1) is 0 Å². The first-order valence-electron chi connectivity index (χ1n) is 6.55. The smallest absolute Gasteiger partial charge is 0.219 e. The van der Waals surface area contributed by atoms with Gasteiger partial charge in [-0.15, -0.1) is 0 Å². The summed E-state index contributed by atoms with van der Waals surface area (Å²) >= 11 is 0. The molecule has 1 aliphatic heterocycles. The fraction of sp³-hybridized carbons (Fsp3) is 0.571. The summed E-state index contributed by atoms with van der Waals surface area (Å²) in [5.41, 5.74) is 0.885. The minimum Gasteiger partial charge on any atom is -0.632 e. The van der Waals surface area contributed by atoms with Crippen molar-refractivity contribution in [2.75, 3.05) is 6.54 Å². The van der Waals surface area contributed by atoms with Crippen LogP contribution in [0.5, 0.6) is 0 Å². The van der Waals surface area contributed by atoms with Crippen LogP contribution < -0.4 is 5.06 Å². The molecule has 0 aromatic heterocycles. The van der Waals surface area contributed by atoms with Crippen molar-refractivity contribution in [3.05, 3.63) is 41.1 Å². The third-order valence-corrected chi connectivity index (χ3v) is 4.02. The van der Waals surface area contributed by atoms with Crippen LogP contribution >= 0.6 is 0 Å². The number of nitrogens with one attached hydrogen (secondary N) is 1. The summed E-state index contributed by atoms with van der Waals surface area (Å²) < 4.78 is 6.14. The molecule has 2 atom stereocenters. The molecule has 3 heteroatoms. The molecule has 3 rings (SSSR count). The second-order valence-corrected chi connectivity index (χ2v) is 5.30. The molecular formula is C14H19NO2. The maximum absolute atomic E-state index is 12.1. The Morgan fingerprint density at radius 3 is 2.53 bits per heavy atom. The normalized spacial score (nSPS) is 31.8.